The summed E-state index contributed by atoms with van der Waals surface area (Å²) in [6, 6.07) is 7.51. The van der Waals surface area contributed by atoms with Crippen molar-refractivity contribution in [3.05, 3.63) is 80.9 Å². The molecule has 1 aromatic carbocycles. The van der Waals surface area contributed by atoms with E-state index in [1.165, 1.54) is 31.3 Å². The van der Waals surface area contributed by atoms with Gasteiger partial charge in [0.1, 0.15) is 18.2 Å². The van der Waals surface area contributed by atoms with E-state index in [4.69, 9.17) is 21.7 Å². The Morgan fingerprint density at radius 3 is 2.67 bits per heavy atom. The molecular formula is C25H25N7O6S. The molecule has 1 N–H and O–H groups in total. The smallest absolute Gasteiger partial charge is 0.268 e. The Balaban J connectivity index is 1.65. The molecular weight excluding hydrogens is 526 g/mol. The number of allylic oxidation sites excluding steroid dienone is 2. The average molecular weight is 558 g/mol. The summed E-state index contributed by atoms with van der Waals surface area (Å²) in [6.07, 6.45) is 2.66. The lowest BCUT2D eigenvalue weighted by Gasteiger charge is -2.11. The number of rotatable bonds is 10. The Hall–Kier alpha value is -4.82. The van der Waals surface area contributed by atoms with E-state index in [1.807, 2.05) is 0 Å². The zero-order valence-electron chi connectivity index (χ0n) is 26.6. The number of nitrogens with one attached hydrogen (secondary N) is 1. The van der Waals surface area contributed by atoms with Crippen LogP contribution in [0, 0.1) is 10.1 Å². The van der Waals surface area contributed by atoms with Crippen molar-refractivity contribution < 1.29 is 28.1 Å². The average Bonchev–Trinajstić information content (AvgIpc) is 3.49. The molecule has 0 radical (unpaired) electrons. The summed E-state index contributed by atoms with van der Waals surface area (Å²) in [5.74, 6) is -1.17. The molecule has 0 saturated carbocycles. The molecule has 202 valence electrons. The van der Waals surface area contributed by atoms with Gasteiger partial charge in [0, 0.05) is 35.9 Å². The first kappa shape index (κ1) is 19.3. The van der Waals surface area contributed by atoms with Gasteiger partial charge in [0.2, 0.25) is 5.88 Å². The van der Waals surface area contributed by atoms with E-state index in [-0.39, 0.29) is 34.7 Å². The van der Waals surface area contributed by atoms with Crippen molar-refractivity contribution in [1.29, 1.82) is 3.37 Å². The van der Waals surface area contributed by atoms with Gasteiger partial charge < -0.3 is 19.5 Å². The van der Waals surface area contributed by atoms with Crippen molar-refractivity contribution in [2.75, 3.05) is 32.7 Å². The number of amides is 1. The third kappa shape index (κ3) is 5.56. The number of benzene rings is 1. The van der Waals surface area contributed by atoms with Gasteiger partial charge in [-0.3, -0.25) is 14.9 Å². The van der Waals surface area contributed by atoms with Crippen LogP contribution in [0.25, 0.3) is 28.1 Å². The highest BCUT2D eigenvalue weighted by molar-refractivity contribution is 8.07. The number of fused-ring (bicyclic) bond motifs is 1. The lowest BCUT2D eigenvalue weighted by molar-refractivity contribution is -0.410. The summed E-state index contributed by atoms with van der Waals surface area (Å²) in [5.41, 5.74) is 0.958. The second-order valence-electron chi connectivity index (χ2n) is 7.80. The molecule has 1 aliphatic heterocycles. The molecule has 0 bridgehead atoms. The van der Waals surface area contributed by atoms with Crippen molar-refractivity contribution >= 4 is 34.2 Å². The lowest BCUT2D eigenvalue weighted by atomic mass is 10.2. The minimum absolute atomic E-state index is 0.0364. The number of carbonyl (C=O) groups is 1. The van der Waals surface area contributed by atoms with Gasteiger partial charge in [-0.1, -0.05) is 0 Å². The van der Waals surface area contributed by atoms with Crippen molar-refractivity contribution in [2.45, 2.75) is 0 Å². The maximum atomic E-state index is 13.7. The second kappa shape index (κ2) is 11.3. The topological polar surface area (TPSA) is 156 Å². The largest absolute Gasteiger partial charge is 0.497 e. The van der Waals surface area contributed by atoms with Gasteiger partial charge in [-0.05, 0) is 36.4 Å². The molecule has 13 nitrogen and oxygen atoms in total. The fraction of sp³-hybridized carbons (Fsp3) is 0.160. The number of hydrogen-bond acceptors (Lipinski definition) is 10. The molecule has 39 heavy (non-hydrogen) atoms. The Kier molecular flexibility index (Phi) is 5.58. The highest BCUT2D eigenvalue weighted by Gasteiger charge is 2.22. The van der Waals surface area contributed by atoms with Gasteiger partial charge in [-0.25, -0.2) is 31.1 Å². The van der Waals surface area contributed by atoms with Crippen LogP contribution in [0.2, 0.25) is 1.41 Å². The number of nitrogens with zero attached hydrogens (tertiary/aromatic N) is 6. The van der Waals surface area contributed by atoms with Crippen LogP contribution in [0.4, 0.5) is 5.82 Å². The molecule has 0 fully saturated rings. The van der Waals surface area contributed by atoms with Crippen LogP contribution < -0.4 is 14.8 Å². The van der Waals surface area contributed by atoms with Crippen LogP contribution in [-0.4, -0.2) is 66.4 Å². The molecule has 0 saturated heterocycles. The van der Waals surface area contributed by atoms with E-state index in [0.29, 0.717) is 23.6 Å². The maximum absolute atomic E-state index is 13.7. The molecule has 1 amide bonds. The summed E-state index contributed by atoms with van der Waals surface area (Å²) < 4.78 is 66.9. The summed E-state index contributed by atoms with van der Waals surface area (Å²) in [6.45, 7) is 0.589. The fourth-order valence-electron chi connectivity index (χ4n) is 3.46. The van der Waals surface area contributed by atoms with Gasteiger partial charge >= 0.3 is 0 Å². The van der Waals surface area contributed by atoms with Crippen molar-refractivity contribution in [3.8, 4) is 28.7 Å². The minimum Gasteiger partial charge on any atom is -0.497 e. The Morgan fingerprint density at radius 1 is 1.18 bits per heavy atom. The van der Waals surface area contributed by atoms with E-state index in [0.717, 1.165) is 0 Å². The van der Waals surface area contributed by atoms with Gasteiger partial charge in [0.25, 0.3) is 10.9 Å². The van der Waals surface area contributed by atoms with E-state index in [9.17, 15) is 14.9 Å². The van der Waals surface area contributed by atoms with E-state index in [1.54, 1.807) is 36.4 Å². The Morgan fingerprint density at radius 2 is 2.00 bits per heavy atom. The normalized spacial score (nSPS) is 19.1. The van der Waals surface area contributed by atoms with Crippen molar-refractivity contribution in [2.24, 2.45) is 0 Å². The van der Waals surface area contributed by atoms with Gasteiger partial charge in [-0.2, -0.15) is 5.10 Å². The number of ether oxygens (including phenoxy) is 3. The van der Waals surface area contributed by atoms with E-state index in [2.05, 4.69) is 20.1 Å². The minimum atomic E-state index is -6.15. The van der Waals surface area contributed by atoms with Gasteiger partial charge in [-0.15, -0.1) is 0 Å². The molecule has 3 aromatic heterocycles. The maximum Gasteiger partial charge on any atom is 0.268 e. The molecule has 1 aliphatic rings. The first-order chi connectivity index (χ1) is 21.3. The third-order valence-electron chi connectivity index (χ3n) is 5.35. The first-order valence-electron chi connectivity index (χ1n) is 14.1. The summed E-state index contributed by atoms with van der Waals surface area (Å²) in [4.78, 5) is 35.9. The third-order valence-corrected chi connectivity index (χ3v) is 6.36. The SMILES string of the molecule is [2H]C1=C(C(=O)N([2H])c2nc(-c3ccc(OCCOC)nc3)nc3c2cnn3-c2ccc(OC)cc2)[SH]([2H])([2H])([2H])C([N+](=O)[O-])=C1[2H]. The van der Waals surface area contributed by atoms with E-state index < -0.39 is 50.2 Å². The zero-order chi connectivity index (χ0) is 32.7. The van der Waals surface area contributed by atoms with Gasteiger partial charge in [0.15, 0.2) is 12.9 Å². The quantitative estimate of drug-likeness (QED) is 0.175. The Labute approximate surface area is 233 Å². The predicted molar refractivity (Wildman–Crippen MR) is 149 cm³/mol. The zero-order valence-corrected chi connectivity index (χ0v) is 21.5. The number of aromatic nitrogens is 5. The van der Waals surface area contributed by atoms with Crippen molar-refractivity contribution in [1.82, 2.24) is 24.7 Å². The van der Waals surface area contributed by atoms with Crippen LogP contribution in [0.15, 0.2) is 70.8 Å². The Bertz CT molecular complexity index is 1890. The standard InChI is InChI=1S/C25H25N7O6S/c1-36-11-12-38-20-9-3-15(13-26-20)22-28-23(30-25(33)19-8-10-21(39-19)32(34)35)18-14-27-31(24(18)29-22)16-4-6-17(37-2)7-5-16/h3-10,13-14H,11-12H2,1-2H3,39H4,(H,28,29,30,33)/i8D,10D,39D3/hD. The fourth-order valence-corrected chi connectivity index (χ4v) is 4.12. The lowest BCUT2D eigenvalue weighted by Crippen LogP contribution is -2.14. The molecule has 0 unspecified atom stereocenters. The number of nitro groups is 1. The van der Waals surface area contributed by atoms with Crippen LogP contribution in [0.1, 0.15) is 2.74 Å². The number of carbonyl (C=O) groups excluding carboxylic acids is 1. The molecule has 14 heteroatoms. The van der Waals surface area contributed by atoms with Crippen LogP contribution in [-0.2, 0) is 9.53 Å². The van der Waals surface area contributed by atoms with E-state index >= 15 is 0 Å². The summed E-state index contributed by atoms with van der Waals surface area (Å²) in [7, 11) is 3.04. The predicted octanol–water partition coefficient (Wildman–Crippen LogP) is 2.53. The van der Waals surface area contributed by atoms with Crippen LogP contribution in [0.5, 0.6) is 11.6 Å². The summed E-state index contributed by atoms with van der Waals surface area (Å²) >= 11 is -6.15. The second-order valence-corrected chi connectivity index (χ2v) is 8.89. The number of pyridine rings is 1. The molecule has 0 aliphatic carbocycles. The number of hydrogen-bond donors (Lipinski definition) is 1. The summed E-state index contributed by atoms with van der Waals surface area (Å²) in [5, 5.41) is 14.6. The highest BCUT2D eigenvalue weighted by atomic mass is 32.2. The first-order valence-corrected chi connectivity index (χ1v) is 12.2. The molecule has 0 spiro atoms. The molecule has 0 atom stereocenters. The monoisotopic (exact) mass is 557 g/mol. The van der Waals surface area contributed by atoms with Gasteiger partial charge in [0.05, 0.1) is 42.0 Å². The molecule has 4 heterocycles. The van der Waals surface area contributed by atoms with Crippen molar-refractivity contribution in [3.63, 3.8) is 0 Å². The van der Waals surface area contributed by atoms with Crippen LogP contribution >= 0.6 is 11.5 Å². The molecule has 4 aromatic rings. The highest BCUT2D eigenvalue weighted by Crippen LogP contribution is 2.33. The van der Waals surface area contributed by atoms with Crippen LogP contribution in [0.3, 0.4) is 0 Å². The molecule has 5 rings (SSSR count). The number of methoxy groups -OCH3 is 2. The number of anilines is 1.